The number of rotatable bonds is 4. The van der Waals surface area contributed by atoms with E-state index >= 15 is 0 Å². The van der Waals surface area contributed by atoms with Crippen molar-refractivity contribution in [2.45, 2.75) is 26.3 Å². The molecule has 144 valence electrons. The van der Waals surface area contributed by atoms with Crippen LogP contribution in [0, 0.1) is 5.92 Å². The second kappa shape index (κ2) is 7.50. The summed E-state index contributed by atoms with van der Waals surface area (Å²) >= 11 is 0. The molecule has 1 fully saturated rings. The molecule has 0 radical (unpaired) electrons. The first kappa shape index (κ1) is 18.3. The zero-order valence-corrected chi connectivity index (χ0v) is 16.1. The van der Waals surface area contributed by atoms with Crippen LogP contribution in [0.1, 0.15) is 25.3 Å². The van der Waals surface area contributed by atoms with Gasteiger partial charge in [0.2, 0.25) is 11.8 Å². The smallest absolute Gasteiger partial charge is 0.246 e. The average molecular weight is 375 g/mol. The van der Waals surface area contributed by atoms with Crippen LogP contribution in [-0.4, -0.2) is 34.4 Å². The number of carbonyl (C=O) groups is 2. The number of aryl methyl sites for hydroxylation is 1. The molecule has 5 heteroatoms. The number of nitrogens with zero attached hydrogens (tertiary/aromatic N) is 2. The van der Waals surface area contributed by atoms with Gasteiger partial charge >= 0.3 is 0 Å². The second-order valence-corrected chi connectivity index (χ2v) is 7.40. The highest BCUT2D eigenvalue weighted by Gasteiger charge is 2.25. The van der Waals surface area contributed by atoms with Crippen LogP contribution in [0.25, 0.3) is 27.9 Å². The van der Waals surface area contributed by atoms with Gasteiger partial charge in [-0.1, -0.05) is 24.3 Å². The Morgan fingerprint density at radius 3 is 2.71 bits per heavy atom. The normalized spacial score (nSPS) is 17.6. The molecule has 2 amide bonds. The van der Waals surface area contributed by atoms with E-state index in [0.29, 0.717) is 13.1 Å². The van der Waals surface area contributed by atoms with E-state index in [2.05, 4.69) is 47.9 Å². The standard InChI is InChI=1S/C23H25N3O2/c1-2-26-20-8-4-3-7-18(20)19-14-16(9-11-21(19)26)10-12-22(27)25-13-5-6-17(15-25)23(24)28/h3-4,7-12,14,17H,2,5-6,13,15H2,1H3,(H2,24,28)/b12-10+. The van der Waals surface area contributed by atoms with Crippen molar-refractivity contribution < 1.29 is 9.59 Å². The van der Waals surface area contributed by atoms with Gasteiger partial charge in [0.1, 0.15) is 0 Å². The fourth-order valence-electron chi connectivity index (χ4n) is 4.20. The molecule has 2 aromatic carbocycles. The van der Waals surface area contributed by atoms with E-state index in [1.807, 2.05) is 12.1 Å². The van der Waals surface area contributed by atoms with Crippen molar-refractivity contribution >= 4 is 39.7 Å². The van der Waals surface area contributed by atoms with Crippen molar-refractivity contribution in [3.8, 4) is 0 Å². The molecule has 1 aliphatic heterocycles. The number of primary amides is 1. The number of aromatic nitrogens is 1. The number of piperidine rings is 1. The Labute approximate surface area is 164 Å². The molecule has 0 bridgehead atoms. The van der Waals surface area contributed by atoms with Crippen LogP contribution in [0.4, 0.5) is 0 Å². The Morgan fingerprint density at radius 1 is 1.14 bits per heavy atom. The van der Waals surface area contributed by atoms with Crippen molar-refractivity contribution in [1.29, 1.82) is 0 Å². The summed E-state index contributed by atoms with van der Waals surface area (Å²) in [5.74, 6) is -0.621. The van der Waals surface area contributed by atoms with E-state index in [0.717, 1.165) is 24.9 Å². The molecule has 3 aromatic rings. The summed E-state index contributed by atoms with van der Waals surface area (Å²) in [5.41, 5.74) is 8.82. The predicted octanol–water partition coefficient (Wildman–Crippen LogP) is 3.55. The highest BCUT2D eigenvalue weighted by molar-refractivity contribution is 6.08. The molecule has 1 unspecified atom stereocenters. The Balaban J connectivity index is 1.60. The molecule has 1 atom stereocenters. The number of amides is 2. The molecule has 1 aliphatic rings. The molecule has 2 N–H and O–H groups in total. The van der Waals surface area contributed by atoms with E-state index in [-0.39, 0.29) is 17.7 Å². The highest BCUT2D eigenvalue weighted by Crippen LogP contribution is 2.30. The summed E-state index contributed by atoms with van der Waals surface area (Å²) in [6.07, 6.45) is 5.04. The van der Waals surface area contributed by atoms with Gasteiger partial charge in [-0.2, -0.15) is 0 Å². The maximum Gasteiger partial charge on any atom is 0.246 e. The third kappa shape index (κ3) is 3.28. The predicted molar refractivity (Wildman–Crippen MR) is 113 cm³/mol. The Bertz CT molecular complexity index is 1080. The average Bonchev–Trinajstić information content (AvgIpc) is 3.05. The Morgan fingerprint density at radius 2 is 1.93 bits per heavy atom. The lowest BCUT2D eigenvalue weighted by Crippen LogP contribution is -2.43. The first-order chi connectivity index (χ1) is 13.6. The lowest BCUT2D eigenvalue weighted by Gasteiger charge is -2.30. The fraction of sp³-hybridized carbons (Fsp3) is 0.304. The van der Waals surface area contributed by atoms with Crippen molar-refractivity contribution in [3.63, 3.8) is 0 Å². The molecule has 0 spiro atoms. The van der Waals surface area contributed by atoms with Crippen LogP contribution in [-0.2, 0) is 16.1 Å². The zero-order valence-electron chi connectivity index (χ0n) is 16.1. The van der Waals surface area contributed by atoms with Crippen LogP contribution >= 0.6 is 0 Å². The minimum atomic E-state index is -0.320. The number of hydrogen-bond acceptors (Lipinski definition) is 2. The quantitative estimate of drug-likeness (QED) is 0.709. The SMILES string of the molecule is CCn1c2ccccc2c2cc(/C=C/C(=O)N3CCCC(C(N)=O)C3)ccc21. The summed E-state index contributed by atoms with van der Waals surface area (Å²) in [4.78, 5) is 25.7. The number of likely N-dealkylation sites (tertiary alicyclic amines) is 1. The van der Waals surface area contributed by atoms with Gasteiger partial charge in [0.05, 0.1) is 5.92 Å². The summed E-state index contributed by atoms with van der Waals surface area (Å²) in [6.45, 7) is 4.15. The van der Waals surface area contributed by atoms with E-state index < -0.39 is 0 Å². The molecule has 0 saturated carbocycles. The minimum absolute atomic E-state index is 0.0676. The van der Waals surface area contributed by atoms with Crippen LogP contribution in [0.2, 0.25) is 0 Å². The molecule has 28 heavy (non-hydrogen) atoms. The van der Waals surface area contributed by atoms with Gasteiger partial charge in [0, 0.05) is 47.5 Å². The highest BCUT2D eigenvalue weighted by atomic mass is 16.2. The van der Waals surface area contributed by atoms with Crippen LogP contribution in [0.3, 0.4) is 0 Å². The lowest BCUT2D eigenvalue weighted by molar-refractivity contribution is -0.130. The topological polar surface area (TPSA) is 68.3 Å². The minimum Gasteiger partial charge on any atom is -0.369 e. The molecule has 2 heterocycles. The molecule has 4 rings (SSSR count). The number of para-hydroxylation sites is 1. The summed E-state index contributed by atoms with van der Waals surface area (Å²) < 4.78 is 2.31. The van der Waals surface area contributed by atoms with Gasteiger partial charge in [-0.05, 0) is 49.6 Å². The first-order valence-corrected chi connectivity index (χ1v) is 9.85. The maximum atomic E-state index is 12.5. The number of carbonyl (C=O) groups excluding carboxylic acids is 2. The Kier molecular flexibility index (Phi) is 4.90. The van der Waals surface area contributed by atoms with Gasteiger partial charge in [-0.3, -0.25) is 9.59 Å². The monoisotopic (exact) mass is 375 g/mol. The van der Waals surface area contributed by atoms with Crippen LogP contribution in [0.5, 0.6) is 0 Å². The number of fused-ring (bicyclic) bond motifs is 3. The lowest BCUT2D eigenvalue weighted by atomic mass is 9.97. The summed E-state index contributed by atoms with van der Waals surface area (Å²) in [7, 11) is 0. The van der Waals surface area contributed by atoms with Crippen LogP contribution < -0.4 is 5.73 Å². The fourth-order valence-corrected chi connectivity index (χ4v) is 4.20. The molecule has 5 nitrogen and oxygen atoms in total. The second-order valence-electron chi connectivity index (χ2n) is 7.40. The zero-order chi connectivity index (χ0) is 19.7. The van der Waals surface area contributed by atoms with Gasteiger partial charge < -0.3 is 15.2 Å². The summed E-state index contributed by atoms with van der Waals surface area (Å²) in [6, 6.07) is 14.7. The molecular formula is C23H25N3O2. The molecule has 1 aromatic heterocycles. The van der Waals surface area contributed by atoms with E-state index in [9.17, 15) is 9.59 Å². The Hall–Kier alpha value is -3.08. The van der Waals surface area contributed by atoms with Crippen molar-refractivity contribution in [2.24, 2.45) is 11.7 Å². The van der Waals surface area contributed by atoms with Crippen molar-refractivity contribution in [3.05, 3.63) is 54.1 Å². The number of benzene rings is 2. The largest absolute Gasteiger partial charge is 0.369 e. The van der Waals surface area contributed by atoms with Gasteiger partial charge in [-0.25, -0.2) is 0 Å². The molecular weight excluding hydrogens is 350 g/mol. The van der Waals surface area contributed by atoms with Crippen molar-refractivity contribution in [2.75, 3.05) is 13.1 Å². The number of nitrogens with two attached hydrogens (primary N) is 1. The van der Waals surface area contributed by atoms with E-state index in [4.69, 9.17) is 5.73 Å². The van der Waals surface area contributed by atoms with E-state index in [1.165, 1.54) is 21.8 Å². The van der Waals surface area contributed by atoms with Gasteiger partial charge in [0.15, 0.2) is 0 Å². The third-order valence-electron chi connectivity index (χ3n) is 5.67. The summed E-state index contributed by atoms with van der Waals surface area (Å²) in [5, 5.41) is 2.42. The third-order valence-corrected chi connectivity index (χ3v) is 5.67. The van der Waals surface area contributed by atoms with E-state index in [1.54, 1.807) is 11.0 Å². The van der Waals surface area contributed by atoms with Crippen molar-refractivity contribution in [1.82, 2.24) is 9.47 Å². The van der Waals surface area contributed by atoms with Crippen LogP contribution in [0.15, 0.2) is 48.5 Å². The molecule has 0 aliphatic carbocycles. The van der Waals surface area contributed by atoms with Gasteiger partial charge in [0.25, 0.3) is 0 Å². The molecule has 1 saturated heterocycles. The number of hydrogen-bond donors (Lipinski definition) is 1. The first-order valence-electron chi connectivity index (χ1n) is 9.85. The maximum absolute atomic E-state index is 12.5. The van der Waals surface area contributed by atoms with Gasteiger partial charge in [-0.15, -0.1) is 0 Å².